The first-order valence-corrected chi connectivity index (χ1v) is 17.4. The van der Waals surface area contributed by atoms with Crippen LogP contribution in [0.1, 0.15) is 49.0 Å². The molecule has 0 aliphatic rings. The highest BCUT2D eigenvalue weighted by atomic mass is 33.1. The van der Waals surface area contributed by atoms with Gasteiger partial charge in [-0.05, 0) is 59.7 Å². The van der Waals surface area contributed by atoms with Crippen LogP contribution >= 0.6 is 21.6 Å². The molecule has 0 radical (unpaired) electrons. The molecular weight excluding hydrogens is 641 g/mol. The van der Waals surface area contributed by atoms with Crippen LogP contribution < -0.4 is 21.3 Å². The second-order valence-corrected chi connectivity index (χ2v) is 13.5. The van der Waals surface area contributed by atoms with E-state index in [0.717, 1.165) is 27.2 Å². The molecule has 4 amide bonds. The normalized spacial score (nSPS) is 12.8. The van der Waals surface area contributed by atoms with Gasteiger partial charge in [0.25, 0.3) is 11.6 Å². The Morgan fingerprint density at radius 3 is 2.26 bits per heavy atom. The Kier molecular flexibility index (Phi) is 15.2. The maximum atomic E-state index is 13.8. The zero-order valence-corrected chi connectivity index (χ0v) is 28.1. The summed E-state index contributed by atoms with van der Waals surface area (Å²) in [6.45, 7) is 4.12. The molecule has 12 nitrogen and oxygen atoms in total. The van der Waals surface area contributed by atoms with Crippen LogP contribution in [0.2, 0.25) is 0 Å². The number of amides is 4. The van der Waals surface area contributed by atoms with Gasteiger partial charge in [0.2, 0.25) is 17.7 Å². The Hall–Kier alpha value is -4.43. The lowest BCUT2D eigenvalue weighted by molar-refractivity contribution is -0.387. The molecule has 0 saturated heterocycles. The van der Waals surface area contributed by atoms with E-state index in [-0.39, 0.29) is 36.4 Å². The predicted molar refractivity (Wildman–Crippen MR) is 184 cm³/mol. The number of nitro groups is 1. The van der Waals surface area contributed by atoms with Crippen molar-refractivity contribution >= 4 is 50.9 Å². The summed E-state index contributed by atoms with van der Waals surface area (Å²) in [7, 11) is 3.75. The van der Waals surface area contributed by atoms with Crippen LogP contribution in [0.25, 0.3) is 0 Å². The smallest absolute Gasteiger partial charge is 0.283 e. The van der Waals surface area contributed by atoms with Crippen molar-refractivity contribution in [1.29, 1.82) is 0 Å². The third-order valence-corrected chi connectivity index (χ3v) is 9.79. The molecule has 0 fully saturated rings. The molecule has 1 heterocycles. The summed E-state index contributed by atoms with van der Waals surface area (Å²) in [6, 6.07) is 17.1. The van der Waals surface area contributed by atoms with E-state index in [9.17, 15) is 29.3 Å². The lowest BCUT2D eigenvalue weighted by Gasteiger charge is -2.25. The van der Waals surface area contributed by atoms with Crippen LogP contribution in [0.4, 0.5) is 5.69 Å². The number of para-hydroxylation sites is 1. The first kappa shape index (κ1) is 37.0. The third-order valence-electron chi connectivity index (χ3n) is 6.96. The standard InChI is InChI=1S/C33H40N6O6S2/c1-22(2)19-25(32(42)37-26(31(41)34-3)20-23-11-5-4-6-12-23)38-33(43)29(47-46-28-15-8-7-14-27(28)39(44)45)16-10-18-36-30(40)24-13-9-17-35-21-24/h4-9,11-15,17,21-22,25-26,29H,10,16,18-20H2,1-3H3,(H,34,41)(H,36,40)(H,37,42)(H,38,43)/t25?,26-,29?/m0/s1. The lowest BCUT2D eigenvalue weighted by atomic mass is 10.0. The number of pyridine rings is 1. The Morgan fingerprint density at radius 2 is 1.60 bits per heavy atom. The van der Waals surface area contributed by atoms with E-state index in [1.807, 2.05) is 44.2 Å². The molecule has 1 aromatic heterocycles. The van der Waals surface area contributed by atoms with Gasteiger partial charge in [-0.1, -0.05) is 67.1 Å². The van der Waals surface area contributed by atoms with Crippen molar-refractivity contribution in [1.82, 2.24) is 26.3 Å². The van der Waals surface area contributed by atoms with Crippen LogP contribution in [0, 0.1) is 16.0 Å². The molecule has 250 valence electrons. The monoisotopic (exact) mass is 680 g/mol. The minimum absolute atomic E-state index is 0.0359. The second-order valence-electron chi connectivity index (χ2n) is 11.1. The van der Waals surface area contributed by atoms with Crippen molar-refractivity contribution in [3.8, 4) is 0 Å². The number of nitrogens with zero attached hydrogens (tertiary/aromatic N) is 2. The van der Waals surface area contributed by atoms with Crippen molar-refractivity contribution in [2.24, 2.45) is 5.92 Å². The molecule has 0 aliphatic carbocycles. The summed E-state index contributed by atoms with van der Waals surface area (Å²) in [6.07, 6.45) is 4.34. The quantitative estimate of drug-likeness (QED) is 0.0661. The van der Waals surface area contributed by atoms with Crippen molar-refractivity contribution in [2.45, 2.75) is 61.8 Å². The fourth-order valence-electron chi connectivity index (χ4n) is 4.57. The highest BCUT2D eigenvalue weighted by molar-refractivity contribution is 8.77. The minimum Gasteiger partial charge on any atom is -0.357 e. The van der Waals surface area contributed by atoms with E-state index in [1.165, 1.54) is 19.3 Å². The summed E-state index contributed by atoms with van der Waals surface area (Å²) < 4.78 is 0. The first-order valence-electron chi connectivity index (χ1n) is 15.2. The number of aromatic nitrogens is 1. The Balaban J connectivity index is 1.74. The number of carbonyl (C=O) groups excluding carboxylic acids is 4. The van der Waals surface area contributed by atoms with Crippen LogP contribution in [-0.4, -0.2) is 64.5 Å². The summed E-state index contributed by atoms with van der Waals surface area (Å²) in [5.74, 6) is -1.54. The zero-order chi connectivity index (χ0) is 34.2. The lowest BCUT2D eigenvalue weighted by Crippen LogP contribution is -2.55. The number of nitro benzene ring substituents is 1. The summed E-state index contributed by atoms with van der Waals surface area (Å²) >= 11 is 0. The van der Waals surface area contributed by atoms with E-state index in [0.29, 0.717) is 29.7 Å². The van der Waals surface area contributed by atoms with Gasteiger partial charge >= 0.3 is 0 Å². The summed E-state index contributed by atoms with van der Waals surface area (Å²) in [4.78, 5) is 67.9. The second kappa shape index (κ2) is 19.3. The molecule has 0 bridgehead atoms. The zero-order valence-electron chi connectivity index (χ0n) is 26.5. The maximum Gasteiger partial charge on any atom is 0.283 e. The molecule has 0 saturated carbocycles. The fourth-order valence-corrected chi connectivity index (χ4v) is 7.21. The van der Waals surface area contributed by atoms with E-state index in [2.05, 4.69) is 26.3 Å². The number of hydrogen-bond acceptors (Lipinski definition) is 9. The molecule has 0 aliphatic heterocycles. The number of carbonyl (C=O) groups is 4. The van der Waals surface area contributed by atoms with Crippen molar-refractivity contribution in [2.75, 3.05) is 13.6 Å². The van der Waals surface area contributed by atoms with E-state index < -0.39 is 34.1 Å². The van der Waals surface area contributed by atoms with Crippen LogP contribution in [0.3, 0.4) is 0 Å². The number of likely N-dealkylation sites (N-methyl/N-ethyl adjacent to an activating group) is 1. The van der Waals surface area contributed by atoms with Gasteiger partial charge in [-0.15, -0.1) is 0 Å². The van der Waals surface area contributed by atoms with Gasteiger partial charge in [0.1, 0.15) is 12.1 Å². The highest BCUT2D eigenvalue weighted by Crippen LogP contribution is 2.40. The average Bonchev–Trinajstić information content (AvgIpc) is 3.07. The van der Waals surface area contributed by atoms with Gasteiger partial charge in [-0.25, -0.2) is 0 Å². The molecule has 4 N–H and O–H groups in total. The van der Waals surface area contributed by atoms with Gasteiger partial charge in [0.05, 0.1) is 20.6 Å². The molecule has 2 aromatic carbocycles. The first-order chi connectivity index (χ1) is 22.6. The third kappa shape index (κ3) is 12.4. The maximum absolute atomic E-state index is 13.8. The molecule has 3 aromatic rings. The van der Waals surface area contributed by atoms with Crippen LogP contribution in [0.5, 0.6) is 0 Å². The van der Waals surface area contributed by atoms with Crippen molar-refractivity contribution in [3.63, 3.8) is 0 Å². The van der Waals surface area contributed by atoms with Crippen molar-refractivity contribution in [3.05, 3.63) is 100 Å². The number of hydrogen-bond donors (Lipinski definition) is 4. The number of nitrogens with one attached hydrogen (secondary N) is 4. The van der Waals surface area contributed by atoms with E-state index in [4.69, 9.17) is 0 Å². The summed E-state index contributed by atoms with van der Waals surface area (Å²) in [5, 5.41) is 22.0. The van der Waals surface area contributed by atoms with Gasteiger partial charge in [-0.2, -0.15) is 0 Å². The Bertz CT molecular complexity index is 1500. The SMILES string of the molecule is CNC(=O)[C@H](Cc1ccccc1)NC(=O)C(CC(C)C)NC(=O)C(CCCNC(=O)c1cccnc1)SSc1ccccc1[N+](=O)[O-]. The minimum atomic E-state index is -0.935. The van der Waals surface area contributed by atoms with Crippen LogP contribution in [0.15, 0.2) is 84.0 Å². The molecule has 3 rings (SSSR count). The van der Waals surface area contributed by atoms with Gasteiger partial charge in [-0.3, -0.25) is 34.3 Å². The van der Waals surface area contributed by atoms with Gasteiger partial charge in [0.15, 0.2) is 0 Å². The summed E-state index contributed by atoms with van der Waals surface area (Å²) in [5.41, 5.74) is 1.20. The largest absolute Gasteiger partial charge is 0.357 e. The fraction of sp³-hybridized carbons (Fsp3) is 0.364. The molecule has 0 spiro atoms. The molecule has 3 atom stereocenters. The average molecular weight is 681 g/mol. The van der Waals surface area contributed by atoms with E-state index in [1.54, 1.807) is 36.5 Å². The Morgan fingerprint density at radius 1 is 0.894 bits per heavy atom. The highest BCUT2D eigenvalue weighted by Gasteiger charge is 2.30. The topological polar surface area (TPSA) is 172 Å². The van der Waals surface area contributed by atoms with Crippen molar-refractivity contribution < 1.29 is 24.1 Å². The van der Waals surface area contributed by atoms with Crippen LogP contribution in [-0.2, 0) is 20.8 Å². The number of benzene rings is 2. The molecule has 14 heteroatoms. The molecular formula is C33H40N6O6S2. The molecule has 47 heavy (non-hydrogen) atoms. The van der Waals surface area contributed by atoms with Gasteiger partial charge < -0.3 is 21.3 Å². The number of rotatable bonds is 18. The molecule has 2 unspecified atom stereocenters. The predicted octanol–water partition coefficient (Wildman–Crippen LogP) is 4.31. The van der Waals surface area contributed by atoms with Gasteiger partial charge in [0, 0.05) is 38.5 Å². The Labute approximate surface area is 282 Å². The van der Waals surface area contributed by atoms with E-state index >= 15 is 0 Å².